The molecule has 6 heteroatoms. The minimum Gasteiger partial charge on any atom is -0.301 e. The standard InChI is InChI=1S/C24H23N3OS2/c1-26-13-12-19-20(15-26)30-23-22(19)24(28)27(14-17-8-4-2-5-9-17)21(25-23)16-29-18-10-6-3-7-11-18/h2-11H,12-16H2,1H3. The van der Waals surface area contributed by atoms with Crippen LogP contribution in [0.15, 0.2) is 70.4 Å². The van der Waals surface area contributed by atoms with E-state index in [2.05, 4.69) is 36.2 Å². The van der Waals surface area contributed by atoms with Crippen molar-refractivity contribution in [1.82, 2.24) is 14.5 Å². The highest BCUT2D eigenvalue weighted by Gasteiger charge is 2.24. The Morgan fingerprint density at radius 1 is 1.07 bits per heavy atom. The molecule has 0 unspecified atom stereocenters. The molecule has 0 radical (unpaired) electrons. The highest BCUT2D eigenvalue weighted by molar-refractivity contribution is 7.98. The third-order valence-corrected chi connectivity index (χ3v) is 7.64. The van der Waals surface area contributed by atoms with Crippen molar-refractivity contribution in [3.8, 4) is 0 Å². The van der Waals surface area contributed by atoms with E-state index in [0.29, 0.717) is 12.3 Å². The summed E-state index contributed by atoms with van der Waals surface area (Å²) < 4.78 is 1.89. The summed E-state index contributed by atoms with van der Waals surface area (Å²) in [6, 6.07) is 20.5. The molecular formula is C24H23N3OS2. The van der Waals surface area contributed by atoms with Crippen molar-refractivity contribution in [1.29, 1.82) is 0 Å². The van der Waals surface area contributed by atoms with Crippen LogP contribution in [0.3, 0.4) is 0 Å². The number of likely N-dealkylation sites (N-methyl/N-ethyl adjacent to an activating group) is 1. The summed E-state index contributed by atoms with van der Waals surface area (Å²) in [5.41, 5.74) is 2.44. The zero-order chi connectivity index (χ0) is 20.5. The Hall–Kier alpha value is -2.41. The summed E-state index contributed by atoms with van der Waals surface area (Å²) in [5, 5.41) is 0.840. The van der Waals surface area contributed by atoms with E-state index in [1.165, 1.54) is 15.3 Å². The molecule has 0 aliphatic carbocycles. The van der Waals surface area contributed by atoms with Gasteiger partial charge in [-0.15, -0.1) is 23.1 Å². The van der Waals surface area contributed by atoms with Gasteiger partial charge in [0.2, 0.25) is 0 Å². The van der Waals surface area contributed by atoms with Gasteiger partial charge in [0.25, 0.3) is 5.56 Å². The molecule has 0 saturated carbocycles. The smallest absolute Gasteiger partial charge is 0.262 e. The van der Waals surface area contributed by atoms with Crippen LogP contribution < -0.4 is 5.56 Å². The summed E-state index contributed by atoms with van der Waals surface area (Å²) >= 11 is 3.42. The van der Waals surface area contributed by atoms with Crippen molar-refractivity contribution >= 4 is 33.3 Å². The molecule has 5 rings (SSSR count). The zero-order valence-electron chi connectivity index (χ0n) is 16.9. The van der Waals surface area contributed by atoms with Gasteiger partial charge in [-0.05, 0) is 36.7 Å². The molecule has 0 atom stereocenters. The summed E-state index contributed by atoms with van der Waals surface area (Å²) in [7, 11) is 2.14. The Morgan fingerprint density at radius 3 is 2.57 bits per heavy atom. The maximum atomic E-state index is 13.7. The van der Waals surface area contributed by atoms with E-state index in [9.17, 15) is 4.79 Å². The van der Waals surface area contributed by atoms with Crippen LogP contribution in [0.25, 0.3) is 10.2 Å². The average Bonchev–Trinajstić information content (AvgIpc) is 3.13. The number of hydrogen-bond donors (Lipinski definition) is 0. The summed E-state index contributed by atoms with van der Waals surface area (Å²) in [4.78, 5) is 24.4. The van der Waals surface area contributed by atoms with Crippen molar-refractivity contribution < 1.29 is 0 Å². The van der Waals surface area contributed by atoms with Crippen molar-refractivity contribution in [2.45, 2.75) is 30.2 Å². The van der Waals surface area contributed by atoms with Gasteiger partial charge in [-0.2, -0.15) is 0 Å². The average molecular weight is 434 g/mol. The van der Waals surface area contributed by atoms with E-state index in [0.717, 1.165) is 41.1 Å². The number of thioether (sulfide) groups is 1. The lowest BCUT2D eigenvalue weighted by molar-refractivity contribution is 0.318. The molecule has 3 heterocycles. The van der Waals surface area contributed by atoms with Gasteiger partial charge in [-0.3, -0.25) is 9.36 Å². The highest BCUT2D eigenvalue weighted by Crippen LogP contribution is 2.33. The van der Waals surface area contributed by atoms with Crippen LogP contribution in [-0.2, 0) is 25.3 Å². The Balaban J connectivity index is 1.60. The van der Waals surface area contributed by atoms with E-state index in [1.54, 1.807) is 23.1 Å². The fourth-order valence-corrected chi connectivity index (χ4v) is 6.12. The van der Waals surface area contributed by atoms with Gasteiger partial charge in [0, 0.05) is 22.9 Å². The van der Waals surface area contributed by atoms with Crippen molar-refractivity contribution in [3.63, 3.8) is 0 Å². The lowest BCUT2D eigenvalue weighted by atomic mass is 10.1. The third-order valence-electron chi connectivity index (χ3n) is 5.52. The second-order valence-electron chi connectivity index (χ2n) is 7.68. The number of benzene rings is 2. The monoisotopic (exact) mass is 433 g/mol. The largest absolute Gasteiger partial charge is 0.301 e. The molecule has 1 aliphatic heterocycles. The zero-order valence-corrected chi connectivity index (χ0v) is 18.5. The SMILES string of the molecule is CN1CCc2c(sc3nc(CSc4ccccc4)n(Cc4ccccc4)c(=O)c23)C1. The fourth-order valence-electron chi connectivity index (χ4n) is 3.95. The van der Waals surface area contributed by atoms with Gasteiger partial charge in [-0.1, -0.05) is 48.5 Å². The molecule has 2 aromatic carbocycles. The predicted molar refractivity (Wildman–Crippen MR) is 125 cm³/mol. The molecule has 0 spiro atoms. The lowest BCUT2D eigenvalue weighted by Gasteiger charge is -2.21. The molecule has 4 aromatic rings. The number of hydrogen-bond acceptors (Lipinski definition) is 5. The molecule has 0 N–H and O–H groups in total. The predicted octanol–water partition coefficient (Wildman–Crippen LogP) is 4.79. The first-order chi connectivity index (χ1) is 14.7. The number of aromatic nitrogens is 2. The Labute approximate surface area is 184 Å². The minimum absolute atomic E-state index is 0.106. The maximum Gasteiger partial charge on any atom is 0.262 e. The third kappa shape index (κ3) is 3.83. The first kappa shape index (κ1) is 19.5. The van der Waals surface area contributed by atoms with Crippen LogP contribution >= 0.6 is 23.1 Å². The van der Waals surface area contributed by atoms with Crippen LogP contribution in [0.4, 0.5) is 0 Å². The summed E-state index contributed by atoms with van der Waals surface area (Å²) in [6.45, 7) is 2.45. The van der Waals surface area contributed by atoms with Crippen molar-refractivity contribution in [2.75, 3.05) is 13.6 Å². The van der Waals surface area contributed by atoms with Crippen LogP contribution in [0, 0.1) is 0 Å². The normalized spacial score (nSPS) is 14.2. The van der Waals surface area contributed by atoms with E-state index >= 15 is 0 Å². The Bertz CT molecular complexity index is 1230. The van der Waals surface area contributed by atoms with Gasteiger partial charge in [0.15, 0.2) is 0 Å². The van der Waals surface area contributed by atoms with E-state index in [-0.39, 0.29) is 5.56 Å². The number of fused-ring (bicyclic) bond motifs is 3. The molecule has 152 valence electrons. The van der Waals surface area contributed by atoms with Crippen molar-refractivity contribution in [2.24, 2.45) is 0 Å². The summed E-state index contributed by atoms with van der Waals surface area (Å²) in [6.07, 6.45) is 0.923. The Kier molecular flexibility index (Phi) is 5.46. The fraction of sp³-hybridized carbons (Fsp3) is 0.250. The van der Waals surface area contributed by atoms with Gasteiger partial charge in [0.1, 0.15) is 10.7 Å². The molecule has 0 saturated heterocycles. The second-order valence-corrected chi connectivity index (χ2v) is 9.81. The van der Waals surface area contributed by atoms with Gasteiger partial charge in [0.05, 0.1) is 17.7 Å². The molecular weight excluding hydrogens is 410 g/mol. The molecule has 4 nitrogen and oxygen atoms in total. The molecule has 30 heavy (non-hydrogen) atoms. The van der Waals surface area contributed by atoms with E-state index in [4.69, 9.17) is 4.98 Å². The maximum absolute atomic E-state index is 13.7. The first-order valence-electron chi connectivity index (χ1n) is 10.1. The quantitative estimate of drug-likeness (QED) is 0.424. The van der Waals surface area contributed by atoms with E-state index < -0.39 is 0 Å². The minimum atomic E-state index is 0.106. The van der Waals surface area contributed by atoms with E-state index in [1.807, 2.05) is 41.0 Å². The number of nitrogens with zero attached hydrogens (tertiary/aromatic N) is 3. The molecule has 0 bridgehead atoms. The topological polar surface area (TPSA) is 38.1 Å². The lowest BCUT2D eigenvalue weighted by Crippen LogP contribution is -2.28. The molecule has 1 aliphatic rings. The molecule has 0 amide bonds. The van der Waals surface area contributed by atoms with Gasteiger partial charge in [-0.25, -0.2) is 4.98 Å². The van der Waals surface area contributed by atoms with Crippen LogP contribution in [0.1, 0.15) is 21.8 Å². The van der Waals surface area contributed by atoms with Crippen molar-refractivity contribution in [3.05, 3.63) is 92.8 Å². The highest BCUT2D eigenvalue weighted by atomic mass is 32.2. The second kappa shape index (κ2) is 8.38. The summed E-state index contributed by atoms with van der Waals surface area (Å²) in [5.74, 6) is 1.52. The molecule has 2 aromatic heterocycles. The number of rotatable bonds is 5. The first-order valence-corrected chi connectivity index (χ1v) is 11.9. The van der Waals surface area contributed by atoms with Crippen LogP contribution in [0.2, 0.25) is 0 Å². The van der Waals surface area contributed by atoms with Gasteiger partial charge < -0.3 is 4.90 Å². The number of thiophene rings is 1. The van der Waals surface area contributed by atoms with Crippen LogP contribution in [-0.4, -0.2) is 28.0 Å². The van der Waals surface area contributed by atoms with Crippen LogP contribution in [0.5, 0.6) is 0 Å². The molecule has 0 fully saturated rings. The Morgan fingerprint density at radius 2 is 1.80 bits per heavy atom. The van der Waals surface area contributed by atoms with Gasteiger partial charge >= 0.3 is 0 Å².